The molecule has 5 aromatic rings. The summed E-state index contributed by atoms with van der Waals surface area (Å²) in [6, 6.07) is 31.5. The number of nitrogens with zero attached hydrogens (tertiary/aromatic N) is 4. The molecule has 6 rings (SSSR count). The molecule has 1 N–H and O–H groups in total. The highest BCUT2D eigenvalue weighted by molar-refractivity contribution is 7.80. The number of anilines is 1. The summed E-state index contributed by atoms with van der Waals surface area (Å²) in [6.07, 6.45) is 3.67. The molecule has 40 heavy (non-hydrogen) atoms. The van der Waals surface area contributed by atoms with E-state index in [1.54, 1.807) is 18.3 Å². The van der Waals surface area contributed by atoms with E-state index in [2.05, 4.69) is 15.2 Å². The minimum absolute atomic E-state index is 0.0273. The number of pyridine rings is 1. The summed E-state index contributed by atoms with van der Waals surface area (Å²) in [4.78, 5) is 17.8. The quantitative estimate of drug-likeness (QED) is 0.133. The van der Waals surface area contributed by atoms with Crippen molar-refractivity contribution in [3.63, 3.8) is 0 Å². The van der Waals surface area contributed by atoms with Crippen molar-refractivity contribution in [2.45, 2.75) is 19.0 Å². The van der Waals surface area contributed by atoms with Gasteiger partial charge in [-0.25, -0.2) is 0 Å². The van der Waals surface area contributed by atoms with Crippen LogP contribution >= 0.6 is 12.2 Å². The summed E-state index contributed by atoms with van der Waals surface area (Å²) in [5, 5.41) is 15.5. The Morgan fingerprint density at radius 1 is 0.900 bits per heavy atom. The van der Waals surface area contributed by atoms with Crippen LogP contribution in [0.1, 0.15) is 29.0 Å². The van der Waals surface area contributed by atoms with Gasteiger partial charge in [0, 0.05) is 35.9 Å². The van der Waals surface area contributed by atoms with E-state index < -0.39 is 0 Å². The molecular weight excluding hydrogens is 522 g/mol. The predicted molar refractivity (Wildman–Crippen MR) is 158 cm³/mol. The van der Waals surface area contributed by atoms with Gasteiger partial charge in [-0.1, -0.05) is 29.8 Å². The van der Waals surface area contributed by atoms with Gasteiger partial charge in [0.15, 0.2) is 5.11 Å². The second-order valence-electron chi connectivity index (χ2n) is 9.49. The molecule has 1 aliphatic heterocycles. The van der Waals surface area contributed by atoms with Crippen molar-refractivity contribution in [1.82, 2.24) is 14.9 Å². The Morgan fingerprint density at radius 3 is 2.35 bits per heavy atom. The molecule has 0 amide bonds. The average molecular weight is 548 g/mol. The van der Waals surface area contributed by atoms with E-state index in [0.717, 1.165) is 22.8 Å². The smallest absolute Gasteiger partial charge is 0.271 e. The molecule has 8 nitrogen and oxygen atoms in total. The van der Waals surface area contributed by atoms with Crippen LogP contribution in [0.4, 0.5) is 11.4 Å². The van der Waals surface area contributed by atoms with Gasteiger partial charge in [-0.05, 0) is 85.9 Å². The highest BCUT2D eigenvalue weighted by Gasteiger charge is 2.42. The molecule has 2 aromatic heterocycles. The first kappa shape index (κ1) is 25.3. The molecule has 3 aromatic carbocycles. The lowest BCUT2D eigenvalue weighted by Gasteiger charge is -2.29. The van der Waals surface area contributed by atoms with Crippen LogP contribution in [0.2, 0.25) is 0 Å². The third-order valence-corrected chi connectivity index (χ3v) is 7.19. The predicted octanol–water partition coefficient (Wildman–Crippen LogP) is 7.06. The molecule has 1 saturated heterocycles. The maximum atomic E-state index is 11.5. The summed E-state index contributed by atoms with van der Waals surface area (Å²) < 4.78 is 8.00. The number of ether oxygens (including phenoxy) is 1. The summed E-state index contributed by atoms with van der Waals surface area (Å²) in [5.74, 6) is 1.48. The van der Waals surface area contributed by atoms with Gasteiger partial charge in [-0.3, -0.25) is 15.1 Å². The fraction of sp³-hybridized carbons (Fsp3) is 0.0968. The first-order valence-electron chi connectivity index (χ1n) is 12.8. The molecule has 0 saturated carbocycles. The molecule has 0 spiro atoms. The number of non-ortho nitro benzene ring substituents is 1. The third-order valence-electron chi connectivity index (χ3n) is 6.87. The molecule has 1 fully saturated rings. The van der Waals surface area contributed by atoms with Gasteiger partial charge in [0.05, 0.1) is 22.3 Å². The minimum Gasteiger partial charge on any atom is -0.457 e. The number of nitro benzene ring substituents is 1. The van der Waals surface area contributed by atoms with Crippen LogP contribution in [0.5, 0.6) is 11.5 Å². The number of hydrogen-bond acceptors (Lipinski definition) is 5. The summed E-state index contributed by atoms with van der Waals surface area (Å²) in [6.45, 7) is 2.04. The number of aromatic nitrogens is 2. The number of hydrogen-bond donors (Lipinski definition) is 1. The number of aryl methyl sites for hydroxylation is 1. The largest absolute Gasteiger partial charge is 0.457 e. The van der Waals surface area contributed by atoms with Crippen molar-refractivity contribution in [1.29, 1.82) is 0 Å². The average Bonchev–Trinajstić information content (AvgIpc) is 3.60. The van der Waals surface area contributed by atoms with E-state index >= 15 is 0 Å². The number of nitrogens with one attached hydrogen (secondary N) is 1. The minimum atomic E-state index is -0.387. The molecule has 198 valence electrons. The van der Waals surface area contributed by atoms with Crippen LogP contribution < -0.4 is 15.0 Å². The Labute approximate surface area is 236 Å². The van der Waals surface area contributed by atoms with Crippen LogP contribution in [0.25, 0.3) is 5.69 Å². The van der Waals surface area contributed by atoms with Crippen LogP contribution in [-0.4, -0.2) is 19.6 Å². The molecule has 2 atom stereocenters. The molecule has 0 unspecified atom stereocenters. The van der Waals surface area contributed by atoms with Crippen LogP contribution in [0.15, 0.2) is 116 Å². The Bertz CT molecular complexity index is 1670. The van der Waals surface area contributed by atoms with Crippen molar-refractivity contribution in [2.24, 2.45) is 0 Å². The van der Waals surface area contributed by atoms with Crippen molar-refractivity contribution < 1.29 is 9.66 Å². The summed E-state index contributed by atoms with van der Waals surface area (Å²) in [7, 11) is 0. The van der Waals surface area contributed by atoms with E-state index in [1.165, 1.54) is 11.6 Å². The van der Waals surface area contributed by atoms with Crippen LogP contribution in [0.3, 0.4) is 0 Å². The topological polar surface area (TPSA) is 85.5 Å². The van der Waals surface area contributed by atoms with E-state index in [4.69, 9.17) is 17.0 Å². The zero-order chi connectivity index (χ0) is 27.6. The first-order chi connectivity index (χ1) is 19.5. The lowest BCUT2D eigenvalue weighted by atomic mass is 10.0. The van der Waals surface area contributed by atoms with E-state index in [-0.39, 0.29) is 22.7 Å². The molecular formula is C31H25N5O3S. The van der Waals surface area contributed by atoms with Crippen molar-refractivity contribution in [2.75, 3.05) is 4.90 Å². The van der Waals surface area contributed by atoms with Crippen molar-refractivity contribution in [3.8, 4) is 17.2 Å². The zero-order valence-electron chi connectivity index (χ0n) is 21.5. The van der Waals surface area contributed by atoms with Gasteiger partial charge in [0.25, 0.3) is 5.69 Å². The molecule has 0 aliphatic carbocycles. The number of nitro groups is 1. The number of rotatable bonds is 7. The second kappa shape index (κ2) is 10.6. The Kier molecular flexibility index (Phi) is 6.71. The normalized spacial score (nSPS) is 16.5. The van der Waals surface area contributed by atoms with E-state index in [0.29, 0.717) is 16.5 Å². The Balaban J connectivity index is 1.40. The monoisotopic (exact) mass is 547 g/mol. The second-order valence-corrected chi connectivity index (χ2v) is 9.87. The van der Waals surface area contributed by atoms with Gasteiger partial charge in [-0.2, -0.15) is 0 Å². The van der Waals surface area contributed by atoms with Crippen LogP contribution in [0, 0.1) is 17.0 Å². The molecule has 0 radical (unpaired) electrons. The fourth-order valence-electron chi connectivity index (χ4n) is 4.98. The van der Waals surface area contributed by atoms with E-state index in [9.17, 15) is 10.1 Å². The maximum Gasteiger partial charge on any atom is 0.271 e. The molecule has 0 bridgehead atoms. The number of thiocarbonyl (C=S) groups is 1. The van der Waals surface area contributed by atoms with Gasteiger partial charge >= 0.3 is 0 Å². The molecule has 9 heteroatoms. The fourth-order valence-corrected chi connectivity index (χ4v) is 5.32. The van der Waals surface area contributed by atoms with Gasteiger partial charge in [-0.15, -0.1) is 0 Å². The van der Waals surface area contributed by atoms with E-state index in [1.807, 2.05) is 103 Å². The van der Waals surface area contributed by atoms with Crippen molar-refractivity contribution in [3.05, 3.63) is 143 Å². The lowest BCUT2D eigenvalue weighted by Crippen LogP contribution is -2.30. The first-order valence-corrected chi connectivity index (χ1v) is 13.2. The Morgan fingerprint density at radius 2 is 1.65 bits per heavy atom. The summed E-state index contributed by atoms with van der Waals surface area (Å²) >= 11 is 5.87. The molecule has 1 aliphatic rings. The molecule has 3 heterocycles. The Hall–Kier alpha value is -5.02. The maximum absolute atomic E-state index is 11.5. The van der Waals surface area contributed by atoms with Gasteiger partial charge in [0.2, 0.25) is 0 Å². The summed E-state index contributed by atoms with van der Waals surface area (Å²) in [5.41, 5.74) is 4.50. The lowest BCUT2D eigenvalue weighted by molar-refractivity contribution is -0.384. The SMILES string of the molecule is Cc1ccc(Oc2ccc(N3C(=S)N[C@H](c4ccccn4)[C@H]3c3cccn3-c3cccc([N+](=O)[O-])c3)cc2)cc1. The number of benzene rings is 3. The highest BCUT2D eigenvalue weighted by atomic mass is 32.1. The zero-order valence-corrected chi connectivity index (χ0v) is 22.4. The van der Waals surface area contributed by atoms with Gasteiger partial charge in [0.1, 0.15) is 17.5 Å². The van der Waals surface area contributed by atoms with Crippen LogP contribution in [-0.2, 0) is 0 Å². The van der Waals surface area contributed by atoms with Crippen molar-refractivity contribution >= 4 is 28.7 Å². The third kappa shape index (κ3) is 4.90. The van der Waals surface area contributed by atoms with Gasteiger partial charge < -0.3 is 19.5 Å². The highest BCUT2D eigenvalue weighted by Crippen LogP contribution is 2.42. The standard InChI is InChI=1S/C31H25N5O3S/c1-21-10-14-25(15-11-21)39-26-16-12-22(13-17-26)35-30(29(33-31(35)40)27-8-2-3-18-32-27)28-9-5-19-34(28)23-6-4-7-24(20-23)36(37)38/h2-20,29-30H,1H3,(H,33,40)/t29-,30-/m1/s1.